The quantitative estimate of drug-likeness (QED) is 0.239. The van der Waals surface area contributed by atoms with Gasteiger partial charge in [-0.2, -0.15) is 0 Å². The van der Waals surface area contributed by atoms with Crippen molar-refractivity contribution in [3.63, 3.8) is 0 Å². The van der Waals surface area contributed by atoms with Gasteiger partial charge in [0.1, 0.15) is 0 Å². The van der Waals surface area contributed by atoms with Crippen LogP contribution in [-0.4, -0.2) is 124 Å². The lowest BCUT2D eigenvalue weighted by Gasteiger charge is -2.30. The number of rotatable bonds is 9. The van der Waals surface area contributed by atoms with Gasteiger partial charge in [0.15, 0.2) is 0 Å². The number of hydrogen-bond donors (Lipinski definition) is 3. The van der Waals surface area contributed by atoms with E-state index in [4.69, 9.17) is 4.74 Å². The van der Waals surface area contributed by atoms with Crippen LogP contribution in [-0.2, 0) is 19.1 Å². The van der Waals surface area contributed by atoms with Gasteiger partial charge in [0, 0.05) is 45.9 Å². The van der Waals surface area contributed by atoms with Crippen LogP contribution in [0.1, 0.15) is 154 Å². The van der Waals surface area contributed by atoms with Crippen LogP contribution in [0.4, 0.5) is 0 Å². The molecule has 306 valence electrons. The van der Waals surface area contributed by atoms with E-state index in [2.05, 4.69) is 25.8 Å². The van der Waals surface area contributed by atoms with Crippen LogP contribution in [0.25, 0.3) is 0 Å². The smallest absolute Gasteiger partial charge is 0.239 e. The highest BCUT2D eigenvalue weighted by Gasteiger charge is 2.30. The van der Waals surface area contributed by atoms with Crippen LogP contribution >= 0.6 is 0 Å². The zero-order chi connectivity index (χ0) is 37.7. The maximum Gasteiger partial charge on any atom is 0.239 e. The summed E-state index contributed by atoms with van der Waals surface area (Å²) < 4.78 is 5.85. The third-order valence-electron chi connectivity index (χ3n) is 13.0. The summed E-state index contributed by atoms with van der Waals surface area (Å²) in [4.78, 5) is 43.3. The minimum absolute atomic E-state index is 0.0123. The summed E-state index contributed by atoms with van der Waals surface area (Å²) in [5.41, 5.74) is 0. The van der Waals surface area contributed by atoms with Crippen LogP contribution in [0.2, 0.25) is 0 Å². The predicted octanol–water partition coefficient (Wildman–Crippen LogP) is 6.27. The summed E-state index contributed by atoms with van der Waals surface area (Å²) in [7, 11) is 5.71. The summed E-state index contributed by atoms with van der Waals surface area (Å²) in [6.45, 7) is 6.53. The van der Waals surface area contributed by atoms with Crippen LogP contribution in [0.3, 0.4) is 0 Å². The molecule has 3 N–H and O–H groups in total. The Balaban J connectivity index is 0.000000178. The highest BCUT2D eigenvalue weighted by molar-refractivity contribution is 5.83. The molecular weight excluding hydrogens is 665 g/mol. The summed E-state index contributed by atoms with van der Waals surface area (Å²) in [5, 5.41) is 9.49. The Labute approximate surface area is 324 Å². The van der Waals surface area contributed by atoms with Gasteiger partial charge < -0.3 is 35.4 Å². The van der Waals surface area contributed by atoms with Crippen molar-refractivity contribution in [1.82, 2.24) is 30.7 Å². The zero-order valence-corrected chi connectivity index (χ0v) is 34.4. The second-order valence-corrected chi connectivity index (χ2v) is 17.1. The number of likely N-dealkylation sites (N-methyl/N-ethyl adjacent to an activating group) is 3. The predicted molar refractivity (Wildman–Crippen MR) is 216 cm³/mol. The number of ether oxygens (including phenoxy) is 1. The molecule has 0 spiro atoms. The summed E-state index contributed by atoms with van der Waals surface area (Å²) >= 11 is 0. The minimum Gasteiger partial charge on any atom is -0.376 e. The Morgan fingerprint density at radius 3 is 1.19 bits per heavy atom. The van der Waals surface area contributed by atoms with Crippen molar-refractivity contribution in [2.24, 2.45) is 11.8 Å². The van der Waals surface area contributed by atoms with Gasteiger partial charge in [0.05, 0.1) is 24.2 Å². The number of carbonyl (C=O) groups excluding carboxylic acids is 3. The second kappa shape index (κ2) is 25.4. The first-order chi connectivity index (χ1) is 25.9. The molecule has 10 heteroatoms. The summed E-state index contributed by atoms with van der Waals surface area (Å²) in [5.74, 6) is 2.48. The van der Waals surface area contributed by atoms with E-state index < -0.39 is 0 Å². The Hall–Kier alpha value is -1.75. The second-order valence-electron chi connectivity index (χ2n) is 17.1. The van der Waals surface area contributed by atoms with E-state index in [1.165, 1.54) is 116 Å². The van der Waals surface area contributed by atoms with Gasteiger partial charge in [0.25, 0.3) is 0 Å². The van der Waals surface area contributed by atoms with Gasteiger partial charge in [-0.25, -0.2) is 0 Å². The van der Waals surface area contributed by atoms with Gasteiger partial charge in [-0.15, -0.1) is 0 Å². The molecule has 2 saturated carbocycles. The summed E-state index contributed by atoms with van der Waals surface area (Å²) in [6, 6.07) is 0.151. The van der Waals surface area contributed by atoms with Crippen molar-refractivity contribution in [1.29, 1.82) is 0 Å². The first-order valence-electron chi connectivity index (χ1n) is 22.4. The highest BCUT2D eigenvalue weighted by atomic mass is 16.5. The number of amides is 3. The van der Waals surface area contributed by atoms with E-state index in [9.17, 15) is 14.4 Å². The molecule has 0 aromatic rings. The zero-order valence-electron chi connectivity index (χ0n) is 34.4. The van der Waals surface area contributed by atoms with E-state index in [1.54, 1.807) is 0 Å². The average molecular weight is 745 g/mol. The molecule has 4 atom stereocenters. The van der Waals surface area contributed by atoms with Crippen molar-refractivity contribution < 1.29 is 19.1 Å². The molecular formula is C43H80N6O4. The molecule has 6 aliphatic rings. The third-order valence-corrected chi connectivity index (χ3v) is 13.0. The van der Waals surface area contributed by atoms with Gasteiger partial charge in [-0.05, 0) is 129 Å². The SMILES string of the molecule is CNC1CCCCN(CC2CCCCC2)C1=O.CNC1CCCCN(CC2CCCCCC2)C1=O.CNC1CCCCN(CC2CCCCCO2)C1=O. The van der Waals surface area contributed by atoms with Crippen LogP contribution in [0.15, 0.2) is 0 Å². The van der Waals surface area contributed by atoms with Crippen molar-refractivity contribution in [3.8, 4) is 0 Å². The highest BCUT2D eigenvalue weighted by Crippen LogP contribution is 2.27. The Morgan fingerprint density at radius 1 is 0.434 bits per heavy atom. The number of likely N-dealkylation sites (tertiary alicyclic amines) is 3. The molecule has 6 rings (SSSR count). The maximum atomic E-state index is 12.4. The molecule has 4 unspecified atom stereocenters. The molecule has 0 aromatic carbocycles. The average Bonchev–Trinajstić information content (AvgIpc) is 3.78. The number of carbonyl (C=O) groups is 3. The van der Waals surface area contributed by atoms with E-state index in [0.29, 0.717) is 11.8 Å². The topological polar surface area (TPSA) is 106 Å². The van der Waals surface area contributed by atoms with Crippen molar-refractivity contribution in [2.45, 2.75) is 178 Å². The summed E-state index contributed by atoms with van der Waals surface area (Å²) in [6.07, 6.45) is 29.9. The van der Waals surface area contributed by atoms with Gasteiger partial charge in [-0.1, -0.05) is 57.8 Å². The molecule has 2 aliphatic carbocycles. The first-order valence-corrected chi connectivity index (χ1v) is 22.4. The minimum atomic E-state index is 0.0123. The van der Waals surface area contributed by atoms with Crippen LogP contribution in [0, 0.1) is 11.8 Å². The van der Waals surface area contributed by atoms with Gasteiger partial charge >= 0.3 is 0 Å². The van der Waals surface area contributed by atoms with Gasteiger partial charge in [-0.3, -0.25) is 14.4 Å². The molecule has 4 heterocycles. The van der Waals surface area contributed by atoms with Crippen molar-refractivity contribution in [3.05, 3.63) is 0 Å². The molecule has 53 heavy (non-hydrogen) atoms. The number of nitrogens with one attached hydrogen (secondary N) is 3. The largest absolute Gasteiger partial charge is 0.376 e. The van der Waals surface area contributed by atoms with Crippen LogP contribution in [0.5, 0.6) is 0 Å². The molecule has 0 bridgehead atoms. The molecule has 4 aliphatic heterocycles. The van der Waals surface area contributed by atoms with E-state index in [1.807, 2.05) is 26.0 Å². The van der Waals surface area contributed by atoms with E-state index in [-0.39, 0.29) is 30.1 Å². The molecule has 6 fully saturated rings. The Bertz CT molecular complexity index is 970. The number of nitrogens with zero attached hydrogens (tertiary/aromatic N) is 3. The molecule has 10 nitrogen and oxygen atoms in total. The van der Waals surface area contributed by atoms with Gasteiger partial charge in [0.2, 0.25) is 17.7 Å². The molecule has 3 amide bonds. The standard InChI is InChI=1S/C15H28N2O.C14H26N2O2.C14H26N2O/c1-16-14-10-6-7-11-17(15(14)18)12-13-8-4-2-3-5-9-13;1-15-13-8-4-5-9-16(14(13)17)11-12-7-3-2-6-10-18-12;1-15-13-9-5-6-10-16(14(13)17)11-12-7-3-2-4-8-12/h13-14,16H,2-12H2,1H3;12-13,15H,2-11H2,1H3;12-13,15H,2-11H2,1H3. The third kappa shape index (κ3) is 15.4. The Morgan fingerprint density at radius 2 is 0.774 bits per heavy atom. The van der Waals surface area contributed by atoms with E-state index in [0.717, 1.165) is 96.2 Å². The van der Waals surface area contributed by atoms with Crippen molar-refractivity contribution in [2.75, 3.05) is 67.0 Å². The monoisotopic (exact) mass is 745 g/mol. The fourth-order valence-corrected chi connectivity index (χ4v) is 9.58. The number of hydrogen-bond acceptors (Lipinski definition) is 7. The maximum absolute atomic E-state index is 12.4. The lowest BCUT2D eigenvalue weighted by molar-refractivity contribution is -0.135. The lowest BCUT2D eigenvalue weighted by atomic mass is 9.89. The normalized spacial score (nSPS) is 29.0. The lowest BCUT2D eigenvalue weighted by Crippen LogP contribution is -2.46. The first kappa shape index (κ1) is 44.0. The molecule has 0 aromatic heterocycles. The molecule has 4 saturated heterocycles. The van der Waals surface area contributed by atoms with Crippen molar-refractivity contribution >= 4 is 17.7 Å². The van der Waals surface area contributed by atoms with E-state index >= 15 is 0 Å². The fraction of sp³-hybridized carbons (Fsp3) is 0.930. The van der Waals surface area contributed by atoms with Crippen LogP contribution < -0.4 is 16.0 Å². The molecule has 0 radical (unpaired) electrons. The fourth-order valence-electron chi connectivity index (χ4n) is 9.58. The Kier molecular flexibility index (Phi) is 21.1.